The Labute approximate surface area is 82.5 Å². The minimum Gasteiger partial charge on any atom is -0.341 e. The van der Waals surface area contributed by atoms with Crippen LogP contribution in [0.3, 0.4) is 0 Å². The summed E-state index contributed by atoms with van der Waals surface area (Å²) in [7, 11) is 1.76. The van der Waals surface area contributed by atoms with E-state index in [4.69, 9.17) is 4.52 Å². The Morgan fingerprint density at radius 2 is 2.31 bits per heavy atom. The Kier molecular flexibility index (Phi) is 4.08. The molecule has 0 spiro atoms. The third-order valence-electron chi connectivity index (χ3n) is 1.36. The van der Waals surface area contributed by atoms with E-state index < -0.39 is 0 Å². The maximum Gasteiger partial charge on any atom is 0.321 e. The predicted molar refractivity (Wildman–Crippen MR) is 54.8 cm³/mol. The average molecular weight is 201 g/mol. The molecule has 1 aromatic heterocycles. The van der Waals surface area contributed by atoms with Gasteiger partial charge in [-0.25, -0.2) is 0 Å². The Morgan fingerprint density at radius 1 is 1.54 bits per heavy atom. The van der Waals surface area contributed by atoms with Gasteiger partial charge in [0.15, 0.2) is 5.82 Å². The van der Waals surface area contributed by atoms with Crippen LogP contribution in [0.5, 0.6) is 0 Å². The smallest absolute Gasteiger partial charge is 0.321 e. The van der Waals surface area contributed by atoms with Crippen LogP contribution in [0.2, 0.25) is 0 Å². The topological polar surface area (TPSA) is 51.0 Å². The second kappa shape index (κ2) is 5.11. The van der Waals surface area contributed by atoms with Crippen molar-refractivity contribution in [1.82, 2.24) is 10.1 Å². The van der Waals surface area contributed by atoms with Gasteiger partial charge in [-0.15, -0.1) is 0 Å². The highest BCUT2D eigenvalue weighted by molar-refractivity contribution is 7.98. The Morgan fingerprint density at radius 3 is 2.85 bits per heavy atom. The summed E-state index contributed by atoms with van der Waals surface area (Å²) in [5.74, 6) is 3.42. The maximum absolute atomic E-state index is 4.89. The monoisotopic (exact) mass is 201 g/mol. The zero-order valence-electron chi connectivity index (χ0n) is 8.20. The van der Waals surface area contributed by atoms with E-state index in [2.05, 4.69) is 29.3 Å². The van der Waals surface area contributed by atoms with E-state index in [1.165, 1.54) is 0 Å². The van der Waals surface area contributed by atoms with E-state index >= 15 is 0 Å². The van der Waals surface area contributed by atoms with Crippen molar-refractivity contribution in [1.29, 1.82) is 0 Å². The second-order valence-corrected chi connectivity index (χ2v) is 4.20. The van der Waals surface area contributed by atoms with Crippen LogP contribution in [-0.2, 0) is 5.75 Å². The zero-order chi connectivity index (χ0) is 9.68. The SMILES string of the molecule is CNc1nc(CSCC(C)C)no1. The lowest BCUT2D eigenvalue weighted by molar-refractivity contribution is 0.427. The molecule has 0 saturated heterocycles. The fraction of sp³-hybridized carbons (Fsp3) is 0.750. The van der Waals surface area contributed by atoms with Crippen LogP contribution in [0.1, 0.15) is 19.7 Å². The lowest BCUT2D eigenvalue weighted by Gasteiger charge is -2.00. The average Bonchev–Trinajstić information content (AvgIpc) is 2.52. The molecule has 0 unspecified atom stereocenters. The summed E-state index contributed by atoms with van der Waals surface area (Å²) in [5.41, 5.74) is 0. The molecule has 0 aromatic carbocycles. The maximum atomic E-state index is 4.89. The normalized spacial score (nSPS) is 10.8. The van der Waals surface area contributed by atoms with Gasteiger partial charge in [-0.05, 0) is 11.7 Å². The molecule has 0 aliphatic heterocycles. The van der Waals surface area contributed by atoms with E-state index in [0.29, 0.717) is 11.9 Å². The molecule has 13 heavy (non-hydrogen) atoms. The lowest BCUT2D eigenvalue weighted by Crippen LogP contribution is -1.93. The first-order chi connectivity index (χ1) is 6.22. The number of hydrogen-bond acceptors (Lipinski definition) is 5. The quantitative estimate of drug-likeness (QED) is 0.789. The highest BCUT2D eigenvalue weighted by Gasteiger charge is 2.04. The molecule has 5 heteroatoms. The van der Waals surface area contributed by atoms with Crippen LogP contribution in [0.4, 0.5) is 6.01 Å². The Bertz CT molecular complexity index is 249. The van der Waals surface area contributed by atoms with Crippen molar-refractivity contribution < 1.29 is 4.52 Å². The molecule has 1 N–H and O–H groups in total. The summed E-state index contributed by atoms with van der Waals surface area (Å²) in [6, 6.07) is 0.486. The van der Waals surface area contributed by atoms with E-state index in [9.17, 15) is 0 Å². The summed E-state index contributed by atoms with van der Waals surface area (Å²) >= 11 is 1.83. The van der Waals surface area contributed by atoms with Gasteiger partial charge in [-0.1, -0.05) is 19.0 Å². The van der Waals surface area contributed by atoms with Crippen LogP contribution in [0.25, 0.3) is 0 Å². The van der Waals surface area contributed by atoms with Crippen LogP contribution in [-0.4, -0.2) is 22.9 Å². The number of anilines is 1. The summed E-state index contributed by atoms with van der Waals surface area (Å²) in [6.45, 7) is 4.39. The molecule has 1 heterocycles. The molecular formula is C8H15N3OS. The number of hydrogen-bond donors (Lipinski definition) is 1. The molecule has 74 valence electrons. The van der Waals surface area contributed by atoms with Crippen molar-refractivity contribution in [3.63, 3.8) is 0 Å². The summed E-state index contributed by atoms with van der Waals surface area (Å²) in [5, 5.41) is 6.61. The predicted octanol–water partition coefficient (Wildman–Crippen LogP) is 2.00. The zero-order valence-corrected chi connectivity index (χ0v) is 9.02. The fourth-order valence-electron chi connectivity index (χ4n) is 0.800. The second-order valence-electron chi connectivity index (χ2n) is 3.17. The number of aromatic nitrogens is 2. The van der Waals surface area contributed by atoms with E-state index in [1.54, 1.807) is 7.05 Å². The highest BCUT2D eigenvalue weighted by atomic mass is 32.2. The number of nitrogens with one attached hydrogen (secondary N) is 1. The summed E-state index contributed by atoms with van der Waals surface area (Å²) in [4.78, 5) is 4.12. The molecule has 0 amide bonds. The van der Waals surface area contributed by atoms with Gasteiger partial charge in [-0.2, -0.15) is 16.7 Å². The number of nitrogens with zero attached hydrogens (tertiary/aromatic N) is 2. The molecule has 0 bridgehead atoms. The lowest BCUT2D eigenvalue weighted by atomic mass is 10.3. The minimum absolute atomic E-state index is 0.486. The molecule has 4 nitrogen and oxygen atoms in total. The molecular weight excluding hydrogens is 186 g/mol. The third kappa shape index (κ3) is 3.67. The van der Waals surface area contributed by atoms with Crippen molar-refractivity contribution in [3.8, 4) is 0 Å². The minimum atomic E-state index is 0.486. The standard InChI is InChI=1S/C8H15N3OS/c1-6(2)4-13-5-7-10-8(9-3)12-11-7/h6H,4-5H2,1-3H3,(H,9,10,11). The third-order valence-corrected chi connectivity index (χ3v) is 2.73. The van der Waals surface area contributed by atoms with Gasteiger partial charge in [0, 0.05) is 7.05 Å². The van der Waals surface area contributed by atoms with Crippen LogP contribution >= 0.6 is 11.8 Å². The van der Waals surface area contributed by atoms with Crippen molar-refractivity contribution >= 4 is 17.8 Å². The number of rotatable bonds is 5. The largest absolute Gasteiger partial charge is 0.341 e. The molecule has 0 saturated carbocycles. The van der Waals surface area contributed by atoms with Crippen molar-refractivity contribution in [3.05, 3.63) is 5.82 Å². The van der Waals surface area contributed by atoms with Crippen LogP contribution in [0, 0.1) is 5.92 Å². The van der Waals surface area contributed by atoms with Gasteiger partial charge >= 0.3 is 6.01 Å². The first kappa shape index (κ1) is 10.4. The molecule has 0 atom stereocenters. The van der Waals surface area contributed by atoms with Gasteiger partial charge in [0.05, 0.1) is 5.75 Å². The molecule has 0 radical (unpaired) electrons. The van der Waals surface area contributed by atoms with Crippen molar-refractivity contribution in [2.24, 2.45) is 5.92 Å². The van der Waals surface area contributed by atoms with Gasteiger partial charge < -0.3 is 9.84 Å². The molecule has 0 aliphatic carbocycles. The first-order valence-corrected chi connectivity index (χ1v) is 5.46. The molecule has 0 aliphatic rings. The molecule has 1 aromatic rings. The fourth-order valence-corrected chi connectivity index (χ4v) is 1.69. The molecule has 1 rings (SSSR count). The van der Waals surface area contributed by atoms with Crippen LogP contribution < -0.4 is 5.32 Å². The Hall–Kier alpha value is -0.710. The van der Waals surface area contributed by atoms with E-state index in [1.807, 2.05) is 11.8 Å². The van der Waals surface area contributed by atoms with E-state index in [-0.39, 0.29) is 0 Å². The van der Waals surface area contributed by atoms with Gasteiger partial charge in [0.2, 0.25) is 0 Å². The van der Waals surface area contributed by atoms with Gasteiger partial charge in [0.1, 0.15) is 0 Å². The van der Waals surface area contributed by atoms with Crippen molar-refractivity contribution in [2.45, 2.75) is 19.6 Å². The molecule has 0 fully saturated rings. The van der Waals surface area contributed by atoms with Gasteiger partial charge in [0.25, 0.3) is 0 Å². The summed E-state index contributed by atoms with van der Waals surface area (Å²) in [6.07, 6.45) is 0. The highest BCUT2D eigenvalue weighted by Crippen LogP contribution is 2.13. The number of thioether (sulfide) groups is 1. The van der Waals surface area contributed by atoms with Gasteiger partial charge in [-0.3, -0.25) is 0 Å². The summed E-state index contributed by atoms with van der Waals surface area (Å²) < 4.78 is 4.89. The van der Waals surface area contributed by atoms with Crippen LogP contribution in [0.15, 0.2) is 4.52 Å². The van der Waals surface area contributed by atoms with Crippen molar-refractivity contribution in [2.75, 3.05) is 18.1 Å². The Balaban J connectivity index is 2.28. The first-order valence-electron chi connectivity index (χ1n) is 4.30. The van der Waals surface area contributed by atoms with E-state index in [0.717, 1.165) is 17.3 Å².